The zero-order valence-corrected chi connectivity index (χ0v) is 10.3. The van der Waals surface area contributed by atoms with Crippen LogP contribution in [0.1, 0.15) is 12.5 Å². The molecule has 1 N–H and O–H groups in total. The number of aromatic hydroxyl groups is 1. The number of nitrogens with zero attached hydrogens (tertiary/aromatic N) is 2. The first-order valence-electron chi connectivity index (χ1n) is 5.35. The number of nitriles is 1. The summed E-state index contributed by atoms with van der Waals surface area (Å²) in [7, 11) is 1.43. The third-order valence-electron chi connectivity index (χ3n) is 2.50. The van der Waals surface area contributed by atoms with Gasteiger partial charge in [0.2, 0.25) is 0 Å². The molecule has 0 aliphatic rings. The fraction of sp³-hybridized carbons (Fsp3) is 0.154. The van der Waals surface area contributed by atoms with Crippen LogP contribution in [-0.4, -0.2) is 23.2 Å². The van der Waals surface area contributed by atoms with Crippen molar-refractivity contribution in [2.45, 2.75) is 6.92 Å². The van der Waals surface area contributed by atoms with E-state index in [0.29, 0.717) is 16.7 Å². The summed E-state index contributed by atoms with van der Waals surface area (Å²) in [6, 6.07) is 4.76. The molecule has 0 spiro atoms. The lowest BCUT2D eigenvalue weighted by Crippen LogP contribution is -2.03. The summed E-state index contributed by atoms with van der Waals surface area (Å²) in [4.78, 5) is 15.1. The molecule has 1 heterocycles. The van der Waals surface area contributed by atoms with E-state index in [1.165, 1.54) is 32.4 Å². The second-order valence-electron chi connectivity index (χ2n) is 3.75. The van der Waals surface area contributed by atoms with Crippen LogP contribution in [0.4, 0.5) is 0 Å². The average molecular weight is 258 g/mol. The van der Waals surface area contributed by atoms with Crippen LogP contribution in [0.2, 0.25) is 0 Å². The van der Waals surface area contributed by atoms with Crippen LogP contribution in [0.25, 0.3) is 10.9 Å². The van der Waals surface area contributed by atoms with Crippen molar-refractivity contribution in [3.05, 3.63) is 23.9 Å². The Hall–Kier alpha value is -2.81. The Morgan fingerprint density at radius 3 is 2.74 bits per heavy atom. The number of hydrogen-bond donors (Lipinski definition) is 1. The van der Waals surface area contributed by atoms with E-state index in [0.717, 1.165) is 0 Å². The quantitative estimate of drug-likeness (QED) is 0.651. The van der Waals surface area contributed by atoms with Crippen LogP contribution in [0.3, 0.4) is 0 Å². The molecule has 0 radical (unpaired) electrons. The molecule has 96 valence electrons. The fourth-order valence-corrected chi connectivity index (χ4v) is 1.66. The molecule has 6 heteroatoms. The zero-order chi connectivity index (χ0) is 14.0. The summed E-state index contributed by atoms with van der Waals surface area (Å²) < 4.78 is 10.1. The molecular formula is C13H10N2O4. The minimum atomic E-state index is -0.512. The number of pyridine rings is 1. The normalized spacial score (nSPS) is 9.95. The predicted molar refractivity (Wildman–Crippen MR) is 66.0 cm³/mol. The van der Waals surface area contributed by atoms with Gasteiger partial charge in [0.15, 0.2) is 11.5 Å². The SMILES string of the molecule is COc1cc2ncc(C#N)c(O)c2cc1OC(C)=O. The van der Waals surface area contributed by atoms with Gasteiger partial charge < -0.3 is 14.6 Å². The summed E-state index contributed by atoms with van der Waals surface area (Å²) >= 11 is 0. The van der Waals surface area contributed by atoms with Gasteiger partial charge >= 0.3 is 5.97 Å². The van der Waals surface area contributed by atoms with Crippen LogP contribution in [0, 0.1) is 11.3 Å². The number of carbonyl (C=O) groups excluding carboxylic acids is 1. The molecule has 0 amide bonds. The average Bonchev–Trinajstić information content (AvgIpc) is 2.38. The molecule has 2 rings (SSSR count). The maximum Gasteiger partial charge on any atom is 0.308 e. The van der Waals surface area contributed by atoms with Crippen LogP contribution < -0.4 is 9.47 Å². The molecule has 0 unspecified atom stereocenters. The lowest BCUT2D eigenvalue weighted by molar-refractivity contribution is -0.132. The Morgan fingerprint density at radius 1 is 1.42 bits per heavy atom. The highest BCUT2D eigenvalue weighted by atomic mass is 16.6. The van der Waals surface area contributed by atoms with E-state index in [-0.39, 0.29) is 17.1 Å². The Morgan fingerprint density at radius 2 is 2.16 bits per heavy atom. The molecule has 0 bridgehead atoms. The van der Waals surface area contributed by atoms with E-state index in [1.54, 1.807) is 0 Å². The summed E-state index contributed by atoms with van der Waals surface area (Å²) in [6.07, 6.45) is 1.27. The summed E-state index contributed by atoms with van der Waals surface area (Å²) in [5, 5.41) is 19.1. The molecule has 0 saturated heterocycles. The van der Waals surface area contributed by atoms with Crippen molar-refractivity contribution >= 4 is 16.9 Å². The Bertz CT molecular complexity index is 704. The van der Waals surface area contributed by atoms with Crippen molar-refractivity contribution in [2.24, 2.45) is 0 Å². The zero-order valence-electron chi connectivity index (χ0n) is 10.3. The molecule has 0 aliphatic carbocycles. The number of carbonyl (C=O) groups is 1. The number of aromatic nitrogens is 1. The van der Waals surface area contributed by atoms with E-state index < -0.39 is 5.97 Å². The molecule has 1 aromatic carbocycles. The standard InChI is InChI=1S/C13H10N2O4/c1-7(16)19-12-3-9-10(4-11(12)18-2)15-6-8(5-14)13(9)17/h3-4,6H,1-2H3,(H,15,17). The first-order chi connectivity index (χ1) is 9.06. The molecule has 1 aromatic heterocycles. The van der Waals surface area contributed by atoms with E-state index in [9.17, 15) is 9.90 Å². The molecule has 0 fully saturated rings. The Balaban J connectivity index is 2.72. The summed E-state index contributed by atoms with van der Waals surface area (Å²) in [5.41, 5.74) is 0.482. The third kappa shape index (κ3) is 2.26. The number of esters is 1. The minimum absolute atomic E-state index is 0.0476. The van der Waals surface area contributed by atoms with E-state index >= 15 is 0 Å². The number of fused-ring (bicyclic) bond motifs is 1. The highest BCUT2D eigenvalue weighted by Crippen LogP contribution is 2.36. The Kier molecular flexibility index (Phi) is 3.21. The fourth-order valence-electron chi connectivity index (χ4n) is 1.66. The van der Waals surface area contributed by atoms with Gasteiger partial charge in [0.1, 0.15) is 17.4 Å². The maximum absolute atomic E-state index is 11.0. The van der Waals surface area contributed by atoms with Gasteiger partial charge in [-0.15, -0.1) is 0 Å². The molecule has 0 aliphatic heterocycles. The third-order valence-corrected chi connectivity index (χ3v) is 2.50. The van der Waals surface area contributed by atoms with Crippen LogP contribution in [0.15, 0.2) is 18.3 Å². The maximum atomic E-state index is 11.0. The second kappa shape index (κ2) is 4.82. The monoisotopic (exact) mass is 258 g/mol. The lowest BCUT2D eigenvalue weighted by atomic mass is 10.1. The largest absolute Gasteiger partial charge is 0.506 e. The molecule has 0 atom stereocenters. The van der Waals surface area contributed by atoms with Crippen molar-refractivity contribution < 1.29 is 19.4 Å². The molecule has 6 nitrogen and oxygen atoms in total. The molecule has 19 heavy (non-hydrogen) atoms. The topological polar surface area (TPSA) is 92.4 Å². The highest BCUT2D eigenvalue weighted by molar-refractivity contribution is 5.90. The van der Waals surface area contributed by atoms with E-state index in [4.69, 9.17) is 14.7 Å². The van der Waals surface area contributed by atoms with Gasteiger partial charge in [-0.05, 0) is 6.07 Å². The van der Waals surface area contributed by atoms with E-state index in [1.807, 2.05) is 6.07 Å². The summed E-state index contributed by atoms with van der Waals surface area (Å²) in [6.45, 7) is 1.26. The van der Waals surface area contributed by atoms with Gasteiger partial charge in [-0.1, -0.05) is 0 Å². The molecule has 2 aromatic rings. The number of ether oxygens (including phenoxy) is 2. The second-order valence-corrected chi connectivity index (χ2v) is 3.75. The van der Waals surface area contributed by atoms with Crippen molar-refractivity contribution in [3.8, 4) is 23.3 Å². The van der Waals surface area contributed by atoms with Crippen molar-refractivity contribution in [1.82, 2.24) is 4.98 Å². The highest BCUT2D eigenvalue weighted by Gasteiger charge is 2.14. The summed E-state index contributed by atoms with van der Waals surface area (Å²) in [5.74, 6) is -0.237. The number of hydrogen-bond acceptors (Lipinski definition) is 6. The molecule has 0 saturated carbocycles. The van der Waals surface area contributed by atoms with Gasteiger partial charge in [0.25, 0.3) is 0 Å². The first-order valence-corrected chi connectivity index (χ1v) is 5.35. The van der Waals surface area contributed by atoms with Crippen LogP contribution >= 0.6 is 0 Å². The predicted octanol–water partition coefficient (Wildman–Crippen LogP) is 1.75. The number of benzene rings is 1. The van der Waals surface area contributed by atoms with Gasteiger partial charge in [-0.2, -0.15) is 5.26 Å². The lowest BCUT2D eigenvalue weighted by Gasteiger charge is -2.10. The smallest absolute Gasteiger partial charge is 0.308 e. The number of methoxy groups -OCH3 is 1. The van der Waals surface area contributed by atoms with Crippen molar-refractivity contribution in [1.29, 1.82) is 5.26 Å². The first kappa shape index (κ1) is 12.6. The van der Waals surface area contributed by atoms with Crippen LogP contribution in [-0.2, 0) is 4.79 Å². The van der Waals surface area contributed by atoms with Crippen molar-refractivity contribution in [3.63, 3.8) is 0 Å². The van der Waals surface area contributed by atoms with Gasteiger partial charge in [0, 0.05) is 24.6 Å². The van der Waals surface area contributed by atoms with E-state index in [2.05, 4.69) is 4.98 Å². The van der Waals surface area contributed by atoms with Gasteiger partial charge in [0.05, 0.1) is 12.6 Å². The van der Waals surface area contributed by atoms with Gasteiger partial charge in [-0.25, -0.2) is 0 Å². The molecular weight excluding hydrogens is 248 g/mol. The number of rotatable bonds is 2. The van der Waals surface area contributed by atoms with Gasteiger partial charge in [-0.3, -0.25) is 9.78 Å². The Labute approximate surface area is 108 Å². The van der Waals surface area contributed by atoms with Crippen LogP contribution in [0.5, 0.6) is 17.2 Å². The minimum Gasteiger partial charge on any atom is -0.506 e. The van der Waals surface area contributed by atoms with Crippen molar-refractivity contribution in [2.75, 3.05) is 7.11 Å².